The first kappa shape index (κ1) is 15.2. The van der Waals surface area contributed by atoms with E-state index in [1.165, 1.54) is 0 Å². The van der Waals surface area contributed by atoms with Crippen molar-refractivity contribution < 1.29 is 9.73 Å². The lowest BCUT2D eigenvalue weighted by molar-refractivity contribution is -0.730. The molecule has 0 aliphatic heterocycles. The Balaban J connectivity index is 1.72. The number of hydrogen-bond donors (Lipinski definition) is 1. The second kappa shape index (κ2) is 6.60. The maximum Gasteiger partial charge on any atom is 0.274 e. The van der Waals surface area contributed by atoms with Gasteiger partial charge in [-0.05, 0) is 31.4 Å². The fraction of sp³-hybridized carbons (Fsp3) is 0.250. The summed E-state index contributed by atoms with van der Waals surface area (Å²) in [6, 6.07) is 12.1. The number of nitrogens with zero attached hydrogens (tertiary/aromatic N) is 2. The maximum atomic E-state index is 6.25. The number of rotatable bonds is 5. The van der Waals surface area contributed by atoms with E-state index in [4.69, 9.17) is 16.0 Å². The molecule has 0 saturated carbocycles. The molecule has 0 amide bonds. The van der Waals surface area contributed by atoms with Crippen molar-refractivity contribution >= 4 is 22.9 Å². The van der Waals surface area contributed by atoms with Gasteiger partial charge in [0.15, 0.2) is 6.04 Å². The minimum absolute atomic E-state index is 0.0625. The van der Waals surface area contributed by atoms with Crippen LogP contribution in [-0.2, 0) is 0 Å². The quantitative estimate of drug-likeness (QED) is 0.771. The van der Waals surface area contributed by atoms with E-state index in [0.29, 0.717) is 11.8 Å². The first-order chi connectivity index (χ1) is 10.6. The van der Waals surface area contributed by atoms with Crippen LogP contribution in [0.2, 0.25) is 5.02 Å². The maximum absolute atomic E-state index is 6.25. The normalized spacial score (nSPS) is 14.0. The summed E-state index contributed by atoms with van der Waals surface area (Å²) in [5.41, 5.74) is 1.11. The lowest BCUT2D eigenvalue weighted by Gasteiger charge is -2.15. The molecule has 2 aromatic heterocycles. The SMILES string of the molecule is C[C@H]([NH2+][C@@H](C)c1ccccc1Cl)c1nnc(-c2cccs2)o1. The van der Waals surface area contributed by atoms with Gasteiger partial charge in [0, 0.05) is 10.6 Å². The molecule has 2 heterocycles. The summed E-state index contributed by atoms with van der Waals surface area (Å²) >= 11 is 7.84. The van der Waals surface area contributed by atoms with Crippen molar-refractivity contribution in [3.8, 4) is 10.8 Å². The molecule has 0 radical (unpaired) electrons. The van der Waals surface area contributed by atoms with Crippen molar-refractivity contribution in [1.29, 1.82) is 0 Å². The van der Waals surface area contributed by atoms with E-state index < -0.39 is 0 Å². The average Bonchev–Trinajstić information content (AvgIpc) is 3.18. The van der Waals surface area contributed by atoms with Crippen molar-refractivity contribution in [2.45, 2.75) is 25.9 Å². The topological polar surface area (TPSA) is 55.5 Å². The van der Waals surface area contributed by atoms with E-state index in [2.05, 4.69) is 29.4 Å². The smallest absolute Gasteiger partial charge is 0.274 e. The van der Waals surface area contributed by atoms with Crippen LogP contribution in [0.1, 0.15) is 37.4 Å². The van der Waals surface area contributed by atoms with Crippen LogP contribution in [0.3, 0.4) is 0 Å². The summed E-state index contributed by atoms with van der Waals surface area (Å²) in [4.78, 5) is 0.991. The van der Waals surface area contributed by atoms with Crippen LogP contribution in [0.4, 0.5) is 0 Å². The van der Waals surface area contributed by atoms with Gasteiger partial charge in [-0.2, -0.15) is 0 Å². The van der Waals surface area contributed by atoms with Crippen molar-refractivity contribution in [1.82, 2.24) is 10.2 Å². The first-order valence-corrected chi connectivity index (χ1v) is 8.37. The number of hydrogen-bond acceptors (Lipinski definition) is 4. The van der Waals surface area contributed by atoms with Crippen LogP contribution < -0.4 is 5.32 Å². The monoisotopic (exact) mass is 334 g/mol. The number of nitrogens with two attached hydrogens (primary N) is 1. The molecule has 114 valence electrons. The Labute approximate surface area is 138 Å². The Kier molecular flexibility index (Phi) is 4.57. The molecule has 0 saturated heterocycles. The third-order valence-electron chi connectivity index (χ3n) is 3.54. The number of quaternary nitrogens is 1. The first-order valence-electron chi connectivity index (χ1n) is 7.12. The van der Waals surface area contributed by atoms with Gasteiger partial charge in [-0.15, -0.1) is 21.5 Å². The van der Waals surface area contributed by atoms with E-state index in [9.17, 15) is 0 Å². The Bertz CT molecular complexity index is 741. The van der Waals surface area contributed by atoms with Crippen LogP contribution in [0.15, 0.2) is 46.2 Å². The van der Waals surface area contributed by atoms with E-state index in [1.54, 1.807) is 11.3 Å². The van der Waals surface area contributed by atoms with Crippen molar-refractivity contribution in [2.24, 2.45) is 0 Å². The molecule has 0 unspecified atom stereocenters. The second-order valence-corrected chi connectivity index (χ2v) is 6.57. The zero-order valence-corrected chi connectivity index (χ0v) is 13.9. The molecule has 0 spiro atoms. The van der Waals surface area contributed by atoms with Crippen molar-refractivity contribution in [2.75, 3.05) is 0 Å². The summed E-state index contributed by atoms with van der Waals surface area (Å²) in [6.45, 7) is 4.17. The Morgan fingerprint density at radius 3 is 2.64 bits per heavy atom. The zero-order valence-electron chi connectivity index (χ0n) is 12.4. The molecule has 2 atom stereocenters. The Hall–Kier alpha value is -1.69. The minimum Gasteiger partial charge on any atom is -0.414 e. The van der Waals surface area contributed by atoms with E-state index in [1.807, 2.05) is 41.8 Å². The minimum atomic E-state index is 0.0625. The average molecular weight is 335 g/mol. The lowest BCUT2D eigenvalue weighted by Crippen LogP contribution is -2.85. The van der Waals surface area contributed by atoms with Gasteiger partial charge in [0.05, 0.1) is 4.88 Å². The standard InChI is InChI=1S/C16H16ClN3OS/c1-10(12-6-3-4-7-13(12)17)18-11(2)15-19-20-16(21-15)14-8-5-9-22-14/h3-11,18H,1-2H3/p+1/t10-,11-/m0/s1. The Morgan fingerprint density at radius 1 is 1.09 bits per heavy atom. The molecule has 0 bridgehead atoms. The summed E-state index contributed by atoms with van der Waals surface area (Å²) in [7, 11) is 0. The lowest BCUT2D eigenvalue weighted by atomic mass is 10.1. The highest BCUT2D eigenvalue weighted by Crippen LogP contribution is 2.25. The molecular weight excluding hydrogens is 318 g/mol. The molecule has 2 N–H and O–H groups in total. The van der Waals surface area contributed by atoms with Gasteiger partial charge in [0.25, 0.3) is 11.8 Å². The van der Waals surface area contributed by atoms with Gasteiger partial charge in [0.2, 0.25) is 0 Å². The molecular formula is C16H17ClN3OS+. The third-order valence-corrected chi connectivity index (χ3v) is 4.74. The predicted octanol–water partition coefficient (Wildman–Crippen LogP) is 3.84. The molecule has 4 nitrogen and oxygen atoms in total. The van der Waals surface area contributed by atoms with Crippen LogP contribution >= 0.6 is 22.9 Å². The summed E-state index contributed by atoms with van der Waals surface area (Å²) in [5, 5.41) is 13.2. The van der Waals surface area contributed by atoms with Gasteiger partial charge in [-0.25, -0.2) is 0 Å². The second-order valence-electron chi connectivity index (χ2n) is 5.21. The number of aromatic nitrogens is 2. The van der Waals surface area contributed by atoms with Gasteiger partial charge in [-0.1, -0.05) is 35.9 Å². The number of thiophene rings is 1. The number of halogens is 1. The molecule has 3 rings (SSSR count). The number of benzene rings is 1. The molecule has 6 heteroatoms. The predicted molar refractivity (Wildman–Crippen MR) is 87.8 cm³/mol. The van der Waals surface area contributed by atoms with Crippen LogP contribution in [0.25, 0.3) is 10.8 Å². The van der Waals surface area contributed by atoms with Crippen molar-refractivity contribution in [3.05, 3.63) is 58.3 Å². The molecule has 3 aromatic rings. The largest absolute Gasteiger partial charge is 0.414 e. The molecule has 0 aliphatic carbocycles. The van der Waals surface area contributed by atoms with E-state index in [-0.39, 0.29) is 12.1 Å². The molecule has 22 heavy (non-hydrogen) atoms. The Morgan fingerprint density at radius 2 is 1.91 bits per heavy atom. The summed E-state index contributed by atoms with van der Waals surface area (Å²) < 4.78 is 5.78. The highest BCUT2D eigenvalue weighted by Gasteiger charge is 2.22. The molecule has 0 aliphatic rings. The van der Waals surface area contributed by atoms with Gasteiger partial charge in [-0.3, -0.25) is 0 Å². The molecule has 1 aromatic carbocycles. The van der Waals surface area contributed by atoms with Gasteiger partial charge >= 0.3 is 0 Å². The highest BCUT2D eigenvalue weighted by molar-refractivity contribution is 7.13. The van der Waals surface area contributed by atoms with Crippen LogP contribution in [0, 0.1) is 0 Å². The molecule has 0 fully saturated rings. The summed E-state index contributed by atoms with van der Waals surface area (Å²) in [6.07, 6.45) is 0. The van der Waals surface area contributed by atoms with E-state index in [0.717, 1.165) is 15.5 Å². The van der Waals surface area contributed by atoms with Gasteiger partial charge < -0.3 is 9.73 Å². The van der Waals surface area contributed by atoms with Crippen LogP contribution in [0.5, 0.6) is 0 Å². The summed E-state index contributed by atoms with van der Waals surface area (Å²) in [5.74, 6) is 1.21. The van der Waals surface area contributed by atoms with Gasteiger partial charge in [0.1, 0.15) is 6.04 Å². The third kappa shape index (κ3) is 3.21. The van der Waals surface area contributed by atoms with E-state index >= 15 is 0 Å². The highest BCUT2D eigenvalue weighted by atomic mass is 35.5. The van der Waals surface area contributed by atoms with Crippen molar-refractivity contribution in [3.63, 3.8) is 0 Å². The zero-order chi connectivity index (χ0) is 15.5. The fourth-order valence-electron chi connectivity index (χ4n) is 2.38. The fourth-order valence-corrected chi connectivity index (χ4v) is 3.33. The van der Waals surface area contributed by atoms with Crippen LogP contribution in [-0.4, -0.2) is 10.2 Å².